The van der Waals surface area contributed by atoms with Crippen LogP contribution in [0.25, 0.3) is 0 Å². The maximum Gasteiger partial charge on any atom is 0.329 e. The van der Waals surface area contributed by atoms with Gasteiger partial charge in [0.2, 0.25) is 11.8 Å². The predicted octanol–water partition coefficient (Wildman–Crippen LogP) is 5.80. The van der Waals surface area contributed by atoms with Crippen molar-refractivity contribution in [3.05, 3.63) is 113 Å². The number of likely N-dealkylation sites (tertiary alicyclic amines) is 1. The predicted molar refractivity (Wildman–Crippen MR) is 253 cm³/mol. The number of piperazine rings is 1. The Hall–Kier alpha value is -5.06. The summed E-state index contributed by atoms with van der Waals surface area (Å²) in [6, 6.07) is 15.8. The monoisotopic (exact) mass is 901 g/mol. The molecule has 0 unspecified atom stereocenters. The second kappa shape index (κ2) is 25.0. The fourth-order valence-electron chi connectivity index (χ4n) is 8.20. The molecule has 0 saturated carbocycles. The SMILES string of the molecule is C=CCN(CC(=O)N[C@@H](Cc1ccc(OC(C)(C)C)cc1)C(=O)N(CC1=CC=C(F)C(N2CC(N3CCN(C)CC3)C2)=C(C)CC1)CC(OCC)OCC)NC(=O)NCc1ccccc1. The minimum Gasteiger partial charge on any atom is -0.488 e. The zero-order chi connectivity index (χ0) is 46.9. The molecule has 2 heterocycles. The molecule has 1 aliphatic carbocycles. The van der Waals surface area contributed by atoms with Crippen molar-refractivity contribution in [2.45, 2.75) is 91.3 Å². The number of halogens is 1. The number of nitrogens with zero attached hydrogens (tertiary/aromatic N) is 5. The third-order valence-electron chi connectivity index (χ3n) is 11.6. The highest BCUT2D eigenvalue weighted by Gasteiger charge is 2.36. The van der Waals surface area contributed by atoms with Gasteiger partial charge in [-0.1, -0.05) is 60.2 Å². The van der Waals surface area contributed by atoms with E-state index in [0.717, 1.165) is 61.5 Å². The molecule has 4 amide bonds. The lowest BCUT2D eigenvalue weighted by Gasteiger charge is -2.49. The van der Waals surface area contributed by atoms with Crippen molar-refractivity contribution in [2.75, 3.05) is 85.7 Å². The standard InChI is InChI=1S/C50H73FN8O6/c1-9-25-59(54-49(62)52-31-39-15-13-12-14-16-39)35-45(60)53-44(30-38-19-22-42(23-20-38)65-50(5,6)7)48(61)58(36-46(63-10-2)64-11-3)32-40-18-17-37(4)47(43(51)24-21-40)57-33-41(34-57)56-28-26-55(8)27-29-56/h9,12-16,19-24,41,44,46H,1,10-11,17-18,25-36H2,2-8H3,(H,53,60)(H2,52,54,62)/t44-/m0/s1. The Kier molecular flexibility index (Phi) is 19.6. The molecule has 2 aliphatic heterocycles. The van der Waals surface area contributed by atoms with Crippen molar-refractivity contribution in [3.63, 3.8) is 0 Å². The van der Waals surface area contributed by atoms with Crippen molar-refractivity contribution in [2.24, 2.45) is 0 Å². The van der Waals surface area contributed by atoms with Gasteiger partial charge in [0.25, 0.3) is 0 Å². The second-order valence-electron chi connectivity index (χ2n) is 18.1. The Morgan fingerprint density at radius 3 is 2.25 bits per heavy atom. The summed E-state index contributed by atoms with van der Waals surface area (Å²) < 4.78 is 34.1. The molecule has 15 heteroatoms. The molecule has 65 heavy (non-hydrogen) atoms. The minimum atomic E-state index is -1.03. The number of benzene rings is 2. The lowest BCUT2D eigenvalue weighted by Crippen LogP contribution is -2.62. The molecule has 14 nitrogen and oxygen atoms in total. The first kappa shape index (κ1) is 50.9. The van der Waals surface area contributed by atoms with E-state index in [4.69, 9.17) is 14.2 Å². The van der Waals surface area contributed by atoms with Crippen LogP contribution in [0.1, 0.15) is 65.5 Å². The van der Waals surface area contributed by atoms with Gasteiger partial charge in [0.15, 0.2) is 6.29 Å². The number of hydrogen-bond donors (Lipinski definition) is 3. The lowest BCUT2D eigenvalue weighted by molar-refractivity contribution is -0.159. The highest BCUT2D eigenvalue weighted by atomic mass is 19.1. The first-order chi connectivity index (χ1) is 31.1. The van der Waals surface area contributed by atoms with Crippen LogP contribution in [0.5, 0.6) is 5.75 Å². The van der Waals surface area contributed by atoms with Gasteiger partial charge < -0.3 is 39.5 Å². The minimum absolute atomic E-state index is 0.0715. The van der Waals surface area contributed by atoms with Gasteiger partial charge in [0.1, 0.15) is 23.2 Å². The number of ether oxygens (including phenoxy) is 3. The second-order valence-corrected chi connectivity index (χ2v) is 18.1. The molecule has 1 atom stereocenters. The Labute approximate surface area is 386 Å². The zero-order valence-corrected chi connectivity index (χ0v) is 39.7. The van der Waals surface area contributed by atoms with Crippen LogP contribution in [0, 0.1) is 0 Å². The van der Waals surface area contributed by atoms with Crippen LogP contribution in [0.2, 0.25) is 0 Å². The number of hydrazine groups is 1. The molecule has 2 aromatic rings. The summed E-state index contributed by atoms with van der Waals surface area (Å²) in [6.07, 6.45) is 5.53. The van der Waals surface area contributed by atoms with Crippen molar-refractivity contribution < 1.29 is 33.0 Å². The summed E-state index contributed by atoms with van der Waals surface area (Å²) in [5.74, 6) is -0.462. The topological polar surface area (TPSA) is 131 Å². The van der Waals surface area contributed by atoms with E-state index in [1.807, 2.05) is 96.1 Å². The average Bonchev–Trinajstić information content (AvgIpc) is 3.24. The van der Waals surface area contributed by atoms with E-state index in [9.17, 15) is 9.59 Å². The normalized spacial score (nSPS) is 17.1. The number of rotatable bonds is 22. The van der Waals surface area contributed by atoms with Gasteiger partial charge in [-0.2, -0.15) is 0 Å². The summed E-state index contributed by atoms with van der Waals surface area (Å²) >= 11 is 0. The molecule has 0 radical (unpaired) electrons. The van der Waals surface area contributed by atoms with Crippen molar-refractivity contribution >= 4 is 17.8 Å². The van der Waals surface area contributed by atoms with Crippen molar-refractivity contribution in [1.29, 1.82) is 0 Å². The van der Waals surface area contributed by atoms with E-state index in [1.54, 1.807) is 17.1 Å². The molecule has 0 bridgehead atoms. The Balaban J connectivity index is 1.36. The van der Waals surface area contributed by atoms with Gasteiger partial charge in [-0.3, -0.25) is 19.9 Å². The lowest BCUT2D eigenvalue weighted by atomic mass is 9.96. The quantitative estimate of drug-likeness (QED) is 0.0758. The molecular formula is C50H73FN8O6. The van der Waals surface area contributed by atoms with E-state index < -0.39 is 29.9 Å². The van der Waals surface area contributed by atoms with Crippen LogP contribution in [-0.2, 0) is 32.0 Å². The average molecular weight is 901 g/mol. The van der Waals surface area contributed by atoms with Crippen molar-refractivity contribution in [1.82, 2.24) is 40.7 Å². The van der Waals surface area contributed by atoms with Gasteiger partial charge in [0, 0.05) is 84.6 Å². The number of nitrogens with one attached hydrogen (secondary N) is 3. The van der Waals surface area contributed by atoms with E-state index >= 15 is 9.18 Å². The van der Waals surface area contributed by atoms with Gasteiger partial charge in [0.05, 0.1) is 18.8 Å². The van der Waals surface area contributed by atoms with Crippen LogP contribution in [0.3, 0.4) is 0 Å². The van der Waals surface area contributed by atoms with E-state index in [-0.39, 0.29) is 44.3 Å². The third kappa shape index (κ3) is 16.4. The number of allylic oxidation sites excluding steroid dienone is 4. The summed E-state index contributed by atoms with van der Waals surface area (Å²) in [7, 11) is 2.15. The molecule has 5 rings (SSSR count). The van der Waals surface area contributed by atoms with E-state index in [1.165, 1.54) is 11.1 Å². The number of urea groups is 1. The van der Waals surface area contributed by atoms with Crippen LogP contribution in [0.15, 0.2) is 102 Å². The number of amides is 4. The first-order valence-electron chi connectivity index (χ1n) is 23.1. The number of carbonyl (C=O) groups excluding carboxylic acids is 3. The van der Waals surface area contributed by atoms with Gasteiger partial charge in [-0.15, -0.1) is 6.58 Å². The van der Waals surface area contributed by atoms with Gasteiger partial charge in [-0.25, -0.2) is 14.2 Å². The molecule has 2 aromatic carbocycles. The summed E-state index contributed by atoms with van der Waals surface area (Å²) in [6.45, 7) is 22.3. The highest BCUT2D eigenvalue weighted by Crippen LogP contribution is 2.32. The molecule has 2 saturated heterocycles. The van der Waals surface area contributed by atoms with Crippen LogP contribution in [0.4, 0.5) is 9.18 Å². The van der Waals surface area contributed by atoms with Crippen LogP contribution in [-0.4, -0.2) is 152 Å². The Morgan fingerprint density at radius 2 is 1.62 bits per heavy atom. The largest absolute Gasteiger partial charge is 0.488 e. The zero-order valence-electron chi connectivity index (χ0n) is 39.7. The molecule has 2 fully saturated rings. The molecule has 3 aliphatic rings. The maximum atomic E-state index is 16.2. The smallest absolute Gasteiger partial charge is 0.329 e. The van der Waals surface area contributed by atoms with E-state index in [2.05, 4.69) is 44.4 Å². The summed E-state index contributed by atoms with van der Waals surface area (Å²) in [5.41, 5.74) is 6.54. The maximum absolute atomic E-state index is 16.2. The number of carbonyl (C=O) groups is 3. The van der Waals surface area contributed by atoms with Crippen LogP contribution < -0.4 is 20.8 Å². The number of likely N-dealkylation sites (N-methyl/N-ethyl adjacent to an activating group) is 1. The fourth-order valence-corrected chi connectivity index (χ4v) is 8.20. The Morgan fingerprint density at radius 1 is 0.938 bits per heavy atom. The fraction of sp³-hybridized carbons (Fsp3) is 0.540. The Bertz CT molecular complexity index is 1950. The third-order valence-corrected chi connectivity index (χ3v) is 11.6. The summed E-state index contributed by atoms with van der Waals surface area (Å²) in [4.78, 5) is 50.6. The molecule has 0 spiro atoms. The molecular weight excluding hydrogens is 828 g/mol. The molecule has 3 N–H and O–H groups in total. The van der Waals surface area contributed by atoms with Gasteiger partial charge in [-0.05, 0) is 96.3 Å². The first-order valence-corrected chi connectivity index (χ1v) is 23.1. The molecule has 356 valence electrons. The highest BCUT2D eigenvalue weighted by molar-refractivity contribution is 5.89. The van der Waals surface area contributed by atoms with Gasteiger partial charge >= 0.3 is 6.03 Å². The van der Waals surface area contributed by atoms with Crippen LogP contribution >= 0.6 is 0 Å². The molecule has 0 aromatic heterocycles. The van der Waals surface area contributed by atoms with Crippen molar-refractivity contribution in [3.8, 4) is 5.75 Å². The summed E-state index contributed by atoms with van der Waals surface area (Å²) in [5, 5.41) is 7.23. The van der Waals surface area contributed by atoms with E-state index in [0.29, 0.717) is 50.1 Å². The number of hydrogen-bond acceptors (Lipinski definition) is 10.